The summed E-state index contributed by atoms with van der Waals surface area (Å²) < 4.78 is 0. The number of nitrogens with two attached hydrogens (primary N) is 1. The Bertz CT molecular complexity index is 500. The van der Waals surface area contributed by atoms with Gasteiger partial charge in [-0.1, -0.05) is 18.2 Å². The molecule has 2 aromatic rings. The zero-order chi connectivity index (χ0) is 10.4. The highest BCUT2D eigenvalue weighted by Crippen LogP contribution is 2.42. The third-order valence-corrected chi connectivity index (χ3v) is 3.41. The molecule has 2 nitrogen and oxygen atoms in total. The summed E-state index contributed by atoms with van der Waals surface area (Å²) in [7, 11) is 0. The van der Waals surface area contributed by atoms with Crippen molar-refractivity contribution in [2.75, 3.05) is 0 Å². The second kappa shape index (κ2) is 4.11. The molecule has 1 aliphatic carbocycles. The SMILES string of the molecule is Cc1[nH]c2ccccc2c1[C@H](N)C1CC1.Cl. The van der Waals surface area contributed by atoms with E-state index in [9.17, 15) is 0 Å². The minimum atomic E-state index is 0. The predicted molar refractivity (Wildman–Crippen MR) is 69.9 cm³/mol. The van der Waals surface area contributed by atoms with Gasteiger partial charge in [-0.3, -0.25) is 0 Å². The predicted octanol–water partition coefficient (Wildman–Crippen LogP) is 3.31. The molecular formula is C13H17ClN2. The van der Waals surface area contributed by atoms with Gasteiger partial charge in [0.15, 0.2) is 0 Å². The summed E-state index contributed by atoms with van der Waals surface area (Å²) in [5.74, 6) is 0.711. The lowest BCUT2D eigenvalue weighted by atomic mass is 10.00. The van der Waals surface area contributed by atoms with Crippen molar-refractivity contribution < 1.29 is 0 Å². The molecule has 3 N–H and O–H groups in total. The lowest BCUT2D eigenvalue weighted by Gasteiger charge is -2.10. The normalized spacial score (nSPS) is 17.1. The van der Waals surface area contributed by atoms with E-state index in [4.69, 9.17) is 5.73 Å². The van der Waals surface area contributed by atoms with Crippen LogP contribution >= 0.6 is 12.4 Å². The number of hydrogen-bond acceptors (Lipinski definition) is 1. The molecule has 0 bridgehead atoms. The minimum Gasteiger partial charge on any atom is -0.358 e. The molecule has 16 heavy (non-hydrogen) atoms. The maximum Gasteiger partial charge on any atom is 0.0459 e. The number of H-pyrrole nitrogens is 1. The van der Waals surface area contributed by atoms with Crippen LogP contribution in [-0.4, -0.2) is 4.98 Å². The van der Waals surface area contributed by atoms with Gasteiger partial charge in [0.2, 0.25) is 0 Å². The first-order valence-corrected chi connectivity index (χ1v) is 5.60. The summed E-state index contributed by atoms with van der Waals surface area (Å²) in [5, 5.41) is 1.30. The molecule has 0 saturated heterocycles. The van der Waals surface area contributed by atoms with Crippen molar-refractivity contribution in [3.8, 4) is 0 Å². The lowest BCUT2D eigenvalue weighted by Crippen LogP contribution is -2.12. The molecule has 1 heterocycles. The number of aryl methyl sites for hydroxylation is 1. The Hall–Kier alpha value is -0.990. The fraction of sp³-hybridized carbons (Fsp3) is 0.385. The first kappa shape index (κ1) is 11.5. The van der Waals surface area contributed by atoms with Crippen molar-refractivity contribution >= 4 is 23.3 Å². The molecule has 86 valence electrons. The third kappa shape index (κ3) is 1.72. The molecule has 1 aromatic carbocycles. The highest BCUT2D eigenvalue weighted by atomic mass is 35.5. The van der Waals surface area contributed by atoms with Gasteiger partial charge < -0.3 is 10.7 Å². The van der Waals surface area contributed by atoms with Crippen LogP contribution in [0.3, 0.4) is 0 Å². The van der Waals surface area contributed by atoms with Crippen LogP contribution < -0.4 is 5.73 Å². The van der Waals surface area contributed by atoms with Crippen molar-refractivity contribution in [3.63, 3.8) is 0 Å². The first-order chi connectivity index (χ1) is 7.27. The molecular weight excluding hydrogens is 220 g/mol. The number of rotatable bonds is 2. The van der Waals surface area contributed by atoms with Gasteiger partial charge in [0.25, 0.3) is 0 Å². The topological polar surface area (TPSA) is 41.8 Å². The molecule has 1 fully saturated rings. The third-order valence-electron chi connectivity index (χ3n) is 3.41. The average molecular weight is 237 g/mol. The second-order valence-corrected chi connectivity index (χ2v) is 4.57. The van der Waals surface area contributed by atoms with E-state index in [1.54, 1.807) is 0 Å². The number of benzene rings is 1. The van der Waals surface area contributed by atoms with Crippen molar-refractivity contribution in [3.05, 3.63) is 35.5 Å². The number of halogens is 1. The van der Waals surface area contributed by atoms with Gasteiger partial charge in [0.1, 0.15) is 0 Å². The maximum absolute atomic E-state index is 6.29. The Balaban J connectivity index is 0.000000963. The van der Waals surface area contributed by atoms with E-state index in [0.717, 1.165) is 0 Å². The number of fused-ring (bicyclic) bond motifs is 1. The maximum atomic E-state index is 6.29. The van der Waals surface area contributed by atoms with Crippen LogP contribution in [0.4, 0.5) is 0 Å². The van der Waals surface area contributed by atoms with Crippen LogP contribution in [0.5, 0.6) is 0 Å². The smallest absolute Gasteiger partial charge is 0.0459 e. The summed E-state index contributed by atoms with van der Waals surface area (Å²) in [4.78, 5) is 3.41. The Labute approximate surface area is 102 Å². The molecule has 3 rings (SSSR count). The summed E-state index contributed by atoms with van der Waals surface area (Å²) in [5.41, 5.74) is 10.1. The van der Waals surface area contributed by atoms with Gasteiger partial charge in [-0.25, -0.2) is 0 Å². The molecule has 0 aliphatic heterocycles. The van der Waals surface area contributed by atoms with Crippen molar-refractivity contribution in [1.82, 2.24) is 4.98 Å². The molecule has 0 radical (unpaired) electrons. The Morgan fingerprint density at radius 3 is 2.69 bits per heavy atom. The molecule has 1 saturated carbocycles. The summed E-state index contributed by atoms with van der Waals surface area (Å²) in [6.45, 7) is 2.12. The van der Waals surface area contributed by atoms with Crippen molar-refractivity contribution in [1.29, 1.82) is 0 Å². The van der Waals surface area contributed by atoms with E-state index in [1.165, 1.54) is 35.0 Å². The van der Waals surface area contributed by atoms with Gasteiger partial charge >= 0.3 is 0 Å². The number of hydrogen-bond donors (Lipinski definition) is 2. The molecule has 3 heteroatoms. The van der Waals surface area contributed by atoms with Crippen molar-refractivity contribution in [2.45, 2.75) is 25.8 Å². The second-order valence-electron chi connectivity index (χ2n) is 4.57. The standard InChI is InChI=1S/C13H16N2.ClH/c1-8-12(13(14)9-6-7-9)10-4-2-3-5-11(10)15-8;/h2-5,9,13,15H,6-7,14H2,1H3;1H/t13-;/m1./s1. The number of aromatic amines is 1. The Morgan fingerprint density at radius 1 is 1.31 bits per heavy atom. The Kier molecular flexibility index (Phi) is 2.96. The quantitative estimate of drug-likeness (QED) is 0.826. The van der Waals surface area contributed by atoms with Crippen LogP contribution in [0.25, 0.3) is 10.9 Å². The largest absolute Gasteiger partial charge is 0.358 e. The molecule has 0 unspecified atom stereocenters. The lowest BCUT2D eigenvalue weighted by molar-refractivity contribution is 0.634. The zero-order valence-corrected chi connectivity index (χ0v) is 10.2. The molecule has 1 atom stereocenters. The Morgan fingerprint density at radius 2 is 2.00 bits per heavy atom. The van der Waals surface area contributed by atoms with Gasteiger partial charge in [-0.15, -0.1) is 12.4 Å². The van der Waals surface area contributed by atoms with Gasteiger partial charge in [0, 0.05) is 22.6 Å². The van der Waals surface area contributed by atoms with Crippen LogP contribution in [0.2, 0.25) is 0 Å². The highest BCUT2D eigenvalue weighted by Gasteiger charge is 2.31. The molecule has 0 spiro atoms. The van der Waals surface area contributed by atoms with E-state index >= 15 is 0 Å². The van der Waals surface area contributed by atoms with E-state index in [-0.39, 0.29) is 18.4 Å². The summed E-state index contributed by atoms with van der Waals surface area (Å²) >= 11 is 0. The average Bonchev–Trinajstić information content (AvgIpc) is 3.00. The van der Waals surface area contributed by atoms with Gasteiger partial charge in [-0.2, -0.15) is 0 Å². The van der Waals surface area contributed by atoms with E-state index in [2.05, 4.69) is 36.2 Å². The fourth-order valence-electron chi connectivity index (χ4n) is 2.42. The first-order valence-electron chi connectivity index (χ1n) is 5.60. The van der Waals surface area contributed by atoms with Crippen LogP contribution in [0.1, 0.15) is 30.1 Å². The summed E-state index contributed by atoms with van der Waals surface area (Å²) in [6, 6.07) is 8.65. The van der Waals surface area contributed by atoms with E-state index < -0.39 is 0 Å². The monoisotopic (exact) mass is 236 g/mol. The van der Waals surface area contributed by atoms with Crippen LogP contribution in [0.15, 0.2) is 24.3 Å². The van der Waals surface area contributed by atoms with Crippen molar-refractivity contribution in [2.24, 2.45) is 11.7 Å². The number of nitrogens with one attached hydrogen (secondary N) is 1. The fourth-order valence-corrected chi connectivity index (χ4v) is 2.42. The van der Waals surface area contributed by atoms with Crippen LogP contribution in [0, 0.1) is 12.8 Å². The summed E-state index contributed by atoms with van der Waals surface area (Å²) in [6.07, 6.45) is 2.58. The van der Waals surface area contributed by atoms with E-state index in [1.807, 2.05) is 0 Å². The molecule has 0 amide bonds. The minimum absolute atomic E-state index is 0. The van der Waals surface area contributed by atoms with Crippen LogP contribution in [-0.2, 0) is 0 Å². The zero-order valence-electron chi connectivity index (χ0n) is 9.36. The van der Waals surface area contributed by atoms with Gasteiger partial charge in [-0.05, 0) is 37.3 Å². The van der Waals surface area contributed by atoms with E-state index in [0.29, 0.717) is 5.92 Å². The molecule has 1 aromatic heterocycles. The van der Waals surface area contributed by atoms with Gasteiger partial charge in [0.05, 0.1) is 0 Å². The molecule has 1 aliphatic rings. The highest BCUT2D eigenvalue weighted by molar-refractivity contribution is 5.85. The number of para-hydroxylation sites is 1. The number of aromatic nitrogens is 1.